The third-order valence-corrected chi connectivity index (χ3v) is 3.93. The molecule has 9 heteroatoms. The van der Waals surface area contributed by atoms with E-state index in [1.165, 1.54) is 22.9 Å². The van der Waals surface area contributed by atoms with Crippen LogP contribution < -0.4 is 5.32 Å². The van der Waals surface area contributed by atoms with Crippen LogP contribution in [0.1, 0.15) is 22.5 Å². The molecule has 1 heterocycles. The lowest BCUT2D eigenvalue weighted by atomic mass is 10.2. The van der Waals surface area contributed by atoms with Crippen LogP contribution in [-0.2, 0) is 6.54 Å². The van der Waals surface area contributed by atoms with Crippen molar-refractivity contribution in [2.75, 3.05) is 5.32 Å². The van der Waals surface area contributed by atoms with Gasteiger partial charge in [0, 0.05) is 21.8 Å². The van der Waals surface area contributed by atoms with Crippen molar-refractivity contribution in [3.63, 3.8) is 0 Å². The van der Waals surface area contributed by atoms with Crippen molar-refractivity contribution in [1.82, 2.24) is 9.78 Å². The zero-order valence-corrected chi connectivity index (χ0v) is 14.3. The summed E-state index contributed by atoms with van der Waals surface area (Å²) < 4.78 is 2.13. The Kier molecular flexibility index (Phi) is 5.28. The summed E-state index contributed by atoms with van der Waals surface area (Å²) in [4.78, 5) is 22.7. The molecule has 0 unspecified atom stereocenters. The third kappa shape index (κ3) is 4.04. The molecule has 2 aromatic rings. The predicted octanol–water partition coefficient (Wildman–Crippen LogP) is 2.87. The van der Waals surface area contributed by atoms with Gasteiger partial charge in [-0.1, -0.05) is 0 Å². The highest BCUT2D eigenvalue weighted by Crippen LogP contribution is 2.21. The Morgan fingerprint density at radius 3 is 2.91 bits per heavy atom. The molecule has 1 N–H and O–H groups in total. The molecule has 118 valence electrons. The molecule has 8 nitrogen and oxygen atoms in total. The van der Waals surface area contributed by atoms with Crippen LogP contribution in [0.2, 0.25) is 0 Å². The fourth-order valence-corrected chi connectivity index (χ4v) is 2.54. The van der Waals surface area contributed by atoms with Crippen molar-refractivity contribution in [3.8, 4) is 6.07 Å². The van der Waals surface area contributed by atoms with Crippen LogP contribution in [-0.4, -0.2) is 20.6 Å². The Morgan fingerprint density at radius 1 is 1.52 bits per heavy atom. The van der Waals surface area contributed by atoms with Gasteiger partial charge >= 0.3 is 0 Å². The summed E-state index contributed by atoms with van der Waals surface area (Å²) in [5.41, 5.74) is 0.766. The second-order valence-corrected chi connectivity index (χ2v) is 5.84. The molecule has 0 saturated heterocycles. The van der Waals surface area contributed by atoms with Gasteiger partial charge in [0.1, 0.15) is 5.82 Å². The molecular formula is C14H12IN5O3. The minimum Gasteiger partial charge on any atom is -0.307 e. The topological polar surface area (TPSA) is 114 Å². The SMILES string of the molecule is Cc1cc(NC(=O)c2cc([N+](=O)[O-])ccc2I)n(CCC#N)n1. The third-order valence-electron chi connectivity index (χ3n) is 2.98. The zero-order valence-electron chi connectivity index (χ0n) is 12.1. The highest BCUT2D eigenvalue weighted by molar-refractivity contribution is 14.1. The molecule has 1 aromatic carbocycles. The number of nitrogens with zero attached hydrogens (tertiary/aromatic N) is 4. The number of nitrogens with one attached hydrogen (secondary N) is 1. The smallest absolute Gasteiger partial charge is 0.270 e. The van der Waals surface area contributed by atoms with E-state index in [9.17, 15) is 14.9 Å². The fourth-order valence-electron chi connectivity index (χ4n) is 1.96. The molecule has 0 spiro atoms. The van der Waals surface area contributed by atoms with Crippen LogP contribution in [0.3, 0.4) is 0 Å². The lowest BCUT2D eigenvalue weighted by Crippen LogP contribution is -2.17. The summed E-state index contributed by atoms with van der Waals surface area (Å²) in [6, 6.07) is 7.80. The number of carbonyl (C=O) groups is 1. The van der Waals surface area contributed by atoms with Crippen LogP contribution in [0.15, 0.2) is 24.3 Å². The van der Waals surface area contributed by atoms with Crippen molar-refractivity contribution in [1.29, 1.82) is 5.26 Å². The maximum absolute atomic E-state index is 12.4. The number of halogens is 1. The van der Waals surface area contributed by atoms with E-state index in [2.05, 4.69) is 10.4 Å². The van der Waals surface area contributed by atoms with E-state index < -0.39 is 10.8 Å². The number of hydrogen-bond donors (Lipinski definition) is 1. The molecule has 0 fully saturated rings. The largest absolute Gasteiger partial charge is 0.307 e. The number of anilines is 1. The van der Waals surface area contributed by atoms with Gasteiger partial charge in [-0.3, -0.25) is 14.9 Å². The van der Waals surface area contributed by atoms with E-state index in [0.29, 0.717) is 21.6 Å². The van der Waals surface area contributed by atoms with Crippen molar-refractivity contribution < 1.29 is 9.72 Å². The first-order valence-corrected chi connectivity index (χ1v) is 7.67. The summed E-state index contributed by atoms with van der Waals surface area (Å²) in [6.07, 6.45) is 0.262. The van der Waals surface area contributed by atoms with Crippen LogP contribution in [0.5, 0.6) is 0 Å². The Bertz CT molecular complexity index is 809. The zero-order chi connectivity index (χ0) is 17.0. The van der Waals surface area contributed by atoms with Gasteiger partial charge in [0.2, 0.25) is 0 Å². The number of amides is 1. The molecule has 0 aliphatic carbocycles. The maximum atomic E-state index is 12.4. The first-order chi connectivity index (χ1) is 10.9. The molecule has 1 aromatic heterocycles. The lowest BCUT2D eigenvalue weighted by Gasteiger charge is -2.08. The highest BCUT2D eigenvalue weighted by Gasteiger charge is 2.17. The van der Waals surface area contributed by atoms with E-state index in [1.807, 2.05) is 28.7 Å². The van der Waals surface area contributed by atoms with E-state index in [-0.39, 0.29) is 17.7 Å². The minimum absolute atomic E-state index is 0.148. The molecule has 0 bridgehead atoms. The molecule has 0 saturated carbocycles. The summed E-state index contributed by atoms with van der Waals surface area (Å²) in [5.74, 6) is -0.0127. The number of non-ortho nitro benzene ring substituents is 1. The van der Waals surface area contributed by atoms with Crippen molar-refractivity contribution in [2.24, 2.45) is 0 Å². The number of nitriles is 1. The number of nitro benzene ring substituents is 1. The minimum atomic E-state index is -0.547. The van der Waals surface area contributed by atoms with Gasteiger partial charge in [0.05, 0.1) is 35.2 Å². The van der Waals surface area contributed by atoms with Gasteiger partial charge in [0.25, 0.3) is 11.6 Å². The first-order valence-electron chi connectivity index (χ1n) is 6.59. The number of hydrogen-bond acceptors (Lipinski definition) is 5. The number of aromatic nitrogens is 2. The number of aryl methyl sites for hydroxylation is 2. The van der Waals surface area contributed by atoms with E-state index in [1.54, 1.807) is 13.0 Å². The number of nitro groups is 1. The standard InChI is InChI=1S/C14H12IN5O3/c1-9-7-13(19(18-9)6-2-5-16)17-14(21)11-8-10(20(22)23)3-4-12(11)15/h3-4,7-8H,2,6H2,1H3,(H,17,21). The number of carbonyl (C=O) groups excluding carboxylic acids is 1. The quantitative estimate of drug-likeness (QED) is 0.450. The van der Waals surface area contributed by atoms with Gasteiger partial charge in [-0.2, -0.15) is 10.4 Å². The highest BCUT2D eigenvalue weighted by atomic mass is 127. The van der Waals surface area contributed by atoms with Crippen molar-refractivity contribution in [2.45, 2.75) is 19.9 Å². The molecular weight excluding hydrogens is 413 g/mol. The molecule has 0 radical (unpaired) electrons. The van der Waals surface area contributed by atoms with E-state index in [4.69, 9.17) is 5.26 Å². The second-order valence-electron chi connectivity index (χ2n) is 4.68. The second kappa shape index (κ2) is 7.19. The Hall–Kier alpha value is -2.48. The summed E-state index contributed by atoms with van der Waals surface area (Å²) in [5, 5.41) is 26.4. The molecule has 23 heavy (non-hydrogen) atoms. The van der Waals surface area contributed by atoms with Crippen LogP contribution in [0.4, 0.5) is 11.5 Å². The Morgan fingerprint density at radius 2 is 2.26 bits per heavy atom. The predicted molar refractivity (Wildman–Crippen MR) is 91.0 cm³/mol. The van der Waals surface area contributed by atoms with Crippen LogP contribution in [0.25, 0.3) is 0 Å². The summed E-state index contributed by atoms with van der Waals surface area (Å²) >= 11 is 1.95. The normalized spacial score (nSPS) is 10.1. The van der Waals surface area contributed by atoms with Gasteiger partial charge in [-0.25, -0.2) is 4.68 Å². The Labute approximate surface area is 145 Å². The average molecular weight is 425 g/mol. The van der Waals surface area contributed by atoms with Gasteiger partial charge in [-0.05, 0) is 35.6 Å². The monoisotopic (exact) mass is 425 g/mol. The van der Waals surface area contributed by atoms with Gasteiger partial charge in [-0.15, -0.1) is 0 Å². The van der Waals surface area contributed by atoms with Gasteiger partial charge < -0.3 is 5.32 Å². The maximum Gasteiger partial charge on any atom is 0.270 e. The molecule has 0 aliphatic rings. The summed E-state index contributed by atoms with van der Waals surface area (Å²) in [7, 11) is 0. The lowest BCUT2D eigenvalue weighted by molar-refractivity contribution is -0.384. The molecule has 1 amide bonds. The van der Waals surface area contributed by atoms with Crippen LogP contribution >= 0.6 is 22.6 Å². The first kappa shape index (κ1) is 16.9. The molecule has 0 atom stereocenters. The fraction of sp³-hybridized carbons (Fsp3) is 0.214. The Balaban J connectivity index is 2.28. The van der Waals surface area contributed by atoms with E-state index >= 15 is 0 Å². The molecule has 0 aliphatic heterocycles. The van der Waals surface area contributed by atoms with Gasteiger partial charge in [0.15, 0.2) is 0 Å². The number of rotatable bonds is 5. The van der Waals surface area contributed by atoms with Crippen LogP contribution in [0, 0.1) is 31.9 Å². The average Bonchev–Trinajstić information content (AvgIpc) is 2.84. The van der Waals surface area contributed by atoms with Crippen molar-refractivity contribution >= 4 is 40.0 Å². The van der Waals surface area contributed by atoms with Crippen molar-refractivity contribution in [3.05, 3.63) is 49.2 Å². The number of benzene rings is 1. The molecule has 2 rings (SSSR count). The summed E-state index contributed by atoms with van der Waals surface area (Å²) in [6.45, 7) is 2.13. The van der Waals surface area contributed by atoms with E-state index in [0.717, 1.165) is 0 Å².